The minimum atomic E-state index is 0.938. The number of hydrogen-bond donors (Lipinski definition) is 1. The molecule has 0 spiro atoms. The Kier molecular flexibility index (Phi) is 3.48. The number of nitrogens with one attached hydrogen (secondary N) is 1. The first-order valence-corrected chi connectivity index (χ1v) is 9.07. The Hall–Kier alpha value is -2.04. The van der Waals surface area contributed by atoms with Crippen molar-refractivity contribution in [1.29, 1.82) is 0 Å². The molecule has 1 N–H and O–H groups in total. The van der Waals surface area contributed by atoms with E-state index in [2.05, 4.69) is 72.2 Å². The predicted octanol–water partition coefficient (Wildman–Crippen LogP) is 5.92. The number of para-hydroxylation sites is 1. The van der Waals surface area contributed by atoms with Crippen LogP contribution in [0.5, 0.6) is 0 Å². The van der Waals surface area contributed by atoms with Crippen LogP contribution in [0, 0.1) is 0 Å². The van der Waals surface area contributed by atoms with Gasteiger partial charge in [-0.1, -0.05) is 53.8 Å². The lowest BCUT2D eigenvalue weighted by Crippen LogP contribution is -1.90. The zero-order valence-electron chi connectivity index (χ0n) is 12.0. The Bertz CT molecular complexity index is 954. The van der Waals surface area contributed by atoms with Crippen LogP contribution in [-0.4, -0.2) is 11.2 Å². The topological polar surface area (TPSA) is 24.9 Å². The minimum Gasteiger partial charge on any atom is -0.331 e. The van der Waals surface area contributed by atoms with Crippen molar-refractivity contribution in [2.75, 3.05) is 11.6 Å². The van der Waals surface area contributed by atoms with Gasteiger partial charge in [-0.05, 0) is 29.8 Å². The van der Waals surface area contributed by atoms with Gasteiger partial charge >= 0.3 is 0 Å². The maximum atomic E-state index is 4.77. The van der Waals surface area contributed by atoms with Gasteiger partial charge in [0.25, 0.3) is 0 Å². The highest BCUT2D eigenvalue weighted by molar-refractivity contribution is 7.98. The van der Waals surface area contributed by atoms with E-state index in [1.165, 1.54) is 20.4 Å². The molecule has 0 radical (unpaired) electrons. The van der Waals surface area contributed by atoms with Crippen LogP contribution in [0.4, 0.5) is 10.8 Å². The van der Waals surface area contributed by atoms with Gasteiger partial charge in [0.15, 0.2) is 5.13 Å². The van der Waals surface area contributed by atoms with Gasteiger partial charge in [0, 0.05) is 16.0 Å². The van der Waals surface area contributed by atoms with Crippen LogP contribution in [-0.2, 0) is 0 Å². The monoisotopic (exact) mass is 322 g/mol. The lowest BCUT2D eigenvalue weighted by atomic mass is 10.1. The minimum absolute atomic E-state index is 0.938. The van der Waals surface area contributed by atoms with Gasteiger partial charge in [-0.15, -0.1) is 11.8 Å². The molecule has 0 fully saturated rings. The van der Waals surface area contributed by atoms with E-state index < -0.39 is 0 Å². The van der Waals surface area contributed by atoms with Crippen LogP contribution in [0.1, 0.15) is 0 Å². The Morgan fingerprint density at radius 1 is 0.955 bits per heavy atom. The van der Waals surface area contributed by atoms with Gasteiger partial charge in [-0.2, -0.15) is 0 Å². The number of thioether (sulfide) groups is 1. The number of rotatable bonds is 3. The second-order valence-electron chi connectivity index (χ2n) is 4.98. The fraction of sp³-hybridized carbons (Fsp3) is 0.0556. The molecule has 1 heterocycles. The second kappa shape index (κ2) is 5.63. The van der Waals surface area contributed by atoms with Crippen LogP contribution in [0.25, 0.3) is 21.0 Å². The molecule has 4 rings (SSSR count). The molecule has 0 aliphatic heterocycles. The molecule has 0 saturated carbocycles. The molecule has 0 bridgehead atoms. The van der Waals surface area contributed by atoms with E-state index in [9.17, 15) is 0 Å². The number of benzene rings is 3. The van der Waals surface area contributed by atoms with Crippen LogP contribution < -0.4 is 5.32 Å². The first-order valence-electron chi connectivity index (χ1n) is 7.03. The third-order valence-electron chi connectivity index (χ3n) is 3.63. The molecule has 0 aliphatic carbocycles. The third kappa shape index (κ3) is 2.34. The quantitative estimate of drug-likeness (QED) is 0.474. The van der Waals surface area contributed by atoms with E-state index in [1.54, 1.807) is 23.1 Å². The summed E-state index contributed by atoms with van der Waals surface area (Å²) in [4.78, 5) is 5.99. The summed E-state index contributed by atoms with van der Waals surface area (Å²) in [5, 5.41) is 6.88. The fourth-order valence-electron chi connectivity index (χ4n) is 2.59. The maximum Gasteiger partial charge on any atom is 0.188 e. The molecule has 108 valence electrons. The van der Waals surface area contributed by atoms with Gasteiger partial charge in [0.1, 0.15) is 0 Å². The molecule has 0 unspecified atom stereocenters. The van der Waals surface area contributed by atoms with Gasteiger partial charge in [-0.3, -0.25) is 0 Å². The first-order chi connectivity index (χ1) is 10.8. The highest BCUT2D eigenvalue weighted by atomic mass is 32.2. The van der Waals surface area contributed by atoms with E-state index in [-0.39, 0.29) is 0 Å². The summed E-state index contributed by atoms with van der Waals surface area (Å²) in [5.41, 5.74) is 2.19. The predicted molar refractivity (Wildman–Crippen MR) is 98.6 cm³/mol. The van der Waals surface area contributed by atoms with E-state index in [0.29, 0.717) is 0 Å². The van der Waals surface area contributed by atoms with Crippen LogP contribution in [0.3, 0.4) is 0 Å². The summed E-state index contributed by atoms with van der Waals surface area (Å²) < 4.78 is 1.22. The smallest absolute Gasteiger partial charge is 0.188 e. The Morgan fingerprint density at radius 2 is 1.77 bits per heavy atom. The number of hydrogen-bond acceptors (Lipinski definition) is 4. The van der Waals surface area contributed by atoms with Crippen LogP contribution in [0.15, 0.2) is 65.6 Å². The van der Waals surface area contributed by atoms with E-state index in [4.69, 9.17) is 4.98 Å². The lowest BCUT2D eigenvalue weighted by molar-refractivity contribution is 1.39. The molecule has 1 aromatic heterocycles. The summed E-state index contributed by atoms with van der Waals surface area (Å²) in [6, 6.07) is 21.0. The second-order valence-corrected chi connectivity index (χ2v) is 6.86. The largest absolute Gasteiger partial charge is 0.331 e. The van der Waals surface area contributed by atoms with E-state index in [0.717, 1.165) is 16.3 Å². The van der Waals surface area contributed by atoms with Crippen molar-refractivity contribution >= 4 is 54.9 Å². The summed E-state index contributed by atoms with van der Waals surface area (Å²) in [6.07, 6.45) is 2.09. The van der Waals surface area contributed by atoms with E-state index in [1.807, 2.05) is 0 Å². The lowest BCUT2D eigenvalue weighted by Gasteiger charge is -2.06. The third-order valence-corrected chi connectivity index (χ3v) is 5.34. The summed E-state index contributed by atoms with van der Waals surface area (Å²) in [6.45, 7) is 0. The Balaban J connectivity index is 1.79. The number of anilines is 2. The molecule has 3 aromatic carbocycles. The normalized spacial score (nSPS) is 11.1. The molecule has 4 heteroatoms. The van der Waals surface area contributed by atoms with Crippen LogP contribution in [0.2, 0.25) is 0 Å². The average molecular weight is 322 g/mol. The molecular formula is C18H14N2S2. The standard InChI is InChI=1S/C18H14N2S2/c1-21-15-10-5-11-16-17(15)20-18(22-16)19-14-9-4-7-12-6-2-3-8-13(12)14/h2-11H,1H3,(H,19,20). The molecule has 22 heavy (non-hydrogen) atoms. The van der Waals surface area contributed by atoms with Gasteiger partial charge < -0.3 is 5.32 Å². The molecular weight excluding hydrogens is 308 g/mol. The molecule has 4 aromatic rings. The Labute approximate surface area is 137 Å². The van der Waals surface area contributed by atoms with Crippen molar-refractivity contribution in [3.05, 3.63) is 60.7 Å². The van der Waals surface area contributed by atoms with Crippen molar-refractivity contribution in [3.8, 4) is 0 Å². The number of aromatic nitrogens is 1. The SMILES string of the molecule is CSc1cccc2sc(Nc3cccc4ccccc34)nc12. The Morgan fingerprint density at radius 3 is 2.68 bits per heavy atom. The number of thiazole rings is 1. The zero-order chi connectivity index (χ0) is 14.9. The van der Waals surface area contributed by atoms with Gasteiger partial charge in [0.2, 0.25) is 0 Å². The summed E-state index contributed by atoms with van der Waals surface area (Å²) in [7, 11) is 0. The number of nitrogens with zero attached hydrogens (tertiary/aromatic N) is 1. The molecule has 0 saturated heterocycles. The number of fused-ring (bicyclic) bond motifs is 2. The van der Waals surface area contributed by atoms with Gasteiger partial charge in [-0.25, -0.2) is 4.98 Å². The zero-order valence-corrected chi connectivity index (χ0v) is 13.7. The van der Waals surface area contributed by atoms with Crippen LogP contribution >= 0.6 is 23.1 Å². The maximum absolute atomic E-state index is 4.77. The van der Waals surface area contributed by atoms with Crippen molar-refractivity contribution in [3.63, 3.8) is 0 Å². The first kappa shape index (κ1) is 13.6. The summed E-state index contributed by atoms with van der Waals surface area (Å²) >= 11 is 3.43. The van der Waals surface area contributed by atoms with Crippen molar-refractivity contribution in [2.24, 2.45) is 0 Å². The van der Waals surface area contributed by atoms with Crippen molar-refractivity contribution in [1.82, 2.24) is 4.98 Å². The van der Waals surface area contributed by atoms with Crippen molar-refractivity contribution in [2.45, 2.75) is 4.90 Å². The molecule has 2 nitrogen and oxygen atoms in total. The molecule has 0 amide bonds. The fourth-order valence-corrected chi connectivity index (χ4v) is 4.12. The highest BCUT2D eigenvalue weighted by Crippen LogP contribution is 2.34. The average Bonchev–Trinajstić information content (AvgIpc) is 2.97. The van der Waals surface area contributed by atoms with E-state index >= 15 is 0 Å². The van der Waals surface area contributed by atoms with Crippen molar-refractivity contribution < 1.29 is 0 Å². The highest BCUT2D eigenvalue weighted by Gasteiger charge is 2.08. The molecule has 0 atom stereocenters. The summed E-state index contributed by atoms with van der Waals surface area (Å²) in [5.74, 6) is 0. The van der Waals surface area contributed by atoms with Gasteiger partial charge in [0.05, 0.1) is 10.2 Å². The molecule has 0 aliphatic rings.